The van der Waals surface area contributed by atoms with Crippen LogP contribution in [-0.4, -0.2) is 6.61 Å². The van der Waals surface area contributed by atoms with Crippen molar-refractivity contribution in [2.75, 3.05) is 0 Å². The molecule has 0 aliphatic heterocycles. The second kappa shape index (κ2) is 4.35. The highest BCUT2D eigenvalue weighted by molar-refractivity contribution is 5.46. The first-order valence-electron chi connectivity index (χ1n) is 3.90. The minimum Gasteiger partial charge on any atom is -0.433 e. The molecule has 1 aromatic rings. The highest BCUT2D eigenvalue weighted by Gasteiger charge is 2.31. The summed E-state index contributed by atoms with van der Waals surface area (Å²) >= 11 is 0. The minimum absolute atomic E-state index is 0.456. The summed E-state index contributed by atoms with van der Waals surface area (Å²) in [6.07, 6.45) is -4.63. The Morgan fingerprint density at radius 2 is 1.88 bits per heavy atom. The van der Waals surface area contributed by atoms with E-state index < -0.39 is 29.7 Å². The molecule has 0 atom stereocenters. The second-order valence-corrected chi connectivity index (χ2v) is 2.70. The van der Waals surface area contributed by atoms with E-state index >= 15 is 0 Å². The van der Waals surface area contributed by atoms with Gasteiger partial charge in [-0.1, -0.05) is 0 Å². The number of benzene rings is 1. The zero-order valence-electron chi connectivity index (χ0n) is 7.55. The lowest BCUT2D eigenvalue weighted by atomic mass is 10.1. The van der Waals surface area contributed by atoms with Crippen LogP contribution < -0.4 is 4.74 Å². The number of halogens is 5. The van der Waals surface area contributed by atoms with Gasteiger partial charge in [0.2, 0.25) is 0 Å². The van der Waals surface area contributed by atoms with Crippen molar-refractivity contribution in [3.8, 4) is 11.8 Å². The van der Waals surface area contributed by atoms with Crippen molar-refractivity contribution in [1.82, 2.24) is 0 Å². The van der Waals surface area contributed by atoms with Gasteiger partial charge in [0, 0.05) is 0 Å². The lowest BCUT2D eigenvalue weighted by molar-refractivity contribution is -0.137. The molecule has 0 aliphatic carbocycles. The summed E-state index contributed by atoms with van der Waals surface area (Å²) in [5.74, 6) is -0.578. The van der Waals surface area contributed by atoms with Gasteiger partial charge in [0.05, 0.1) is 11.1 Å². The van der Waals surface area contributed by atoms with Gasteiger partial charge in [-0.05, 0) is 18.2 Å². The maximum absolute atomic E-state index is 12.2. The summed E-state index contributed by atoms with van der Waals surface area (Å²) in [6, 6.07) is 3.07. The van der Waals surface area contributed by atoms with Crippen molar-refractivity contribution >= 4 is 0 Å². The fourth-order valence-corrected chi connectivity index (χ4v) is 0.992. The van der Waals surface area contributed by atoms with E-state index in [4.69, 9.17) is 5.26 Å². The zero-order valence-corrected chi connectivity index (χ0v) is 7.55. The van der Waals surface area contributed by atoms with Gasteiger partial charge in [-0.15, -0.1) is 0 Å². The highest BCUT2D eigenvalue weighted by atomic mass is 19.4. The van der Waals surface area contributed by atoms with E-state index in [1.165, 1.54) is 6.07 Å². The van der Waals surface area contributed by atoms with Gasteiger partial charge in [0.25, 0.3) is 0 Å². The minimum atomic E-state index is -4.63. The maximum atomic E-state index is 12.2. The normalized spacial score (nSPS) is 11.3. The lowest BCUT2D eigenvalue weighted by Crippen LogP contribution is -2.07. The summed E-state index contributed by atoms with van der Waals surface area (Å²) in [6.45, 7) is -3.19. The molecule has 0 fully saturated rings. The number of rotatable bonds is 2. The van der Waals surface area contributed by atoms with Gasteiger partial charge in [-0.2, -0.15) is 27.2 Å². The fraction of sp³-hybridized carbons (Fsp3) is 0.222. The molecule has 0 aliphatic rings. The van der Waals surface area contributed by atoms with Crippen molar-refractivity contribution in [2.45, 2.75) is 12.8 Å². The Kier molecular flexibility index (Phi) is 3.32. The van der Waals surface area contributed by atoms with Crippen molar-refractivity contribution in [3.05, 3.63) is 29.3 Å². The van der Waals surface area contributed by atoms with E-state index in [0.29, 0.717) is 18.2 Å². The molecule has 0 amide bonds. The number of nitriles is 1. The summed E-state index contributed by atoms with van der Waals surface area (Å²) in [5.41, 5.74) is -1.68. The smallest absolute Gasteiger partial charge is 0.416 e. The fourth-order valence-electron chi connectivity index (χ4n) is 0.992. The first-order chi connectivity index (χ1) is 7.34. The largest absolute Gasteiger partial charge is 0.433 e. The topological polar surface area (TPSA) is 33.0 Å². The third-order valence-corrected chi connectivity index (χ3v) is 1.64. The number of nitrogens with zero attached hydrogens (tertiary/aromatic N) is 1. The van der Waals surface area contributed by atoms with Crippen molar-refractivity contribution in [2.24, 2.45) is 0 Å². The Morgan fingerprint density at radius 1 is 1.25 bits per heavy atom. The zero-order chi connectivity index (χ0) is 12.3. The van der Waals surface area contributed by atoms with Crippen LogP contribution in [0.1, 0.15) is 11.1 Å². The molecular weight excluding hydrogens is 233 g/mol. The Morgan fingerprint density at radius 3 is 2.31 bits per heavy atom. The molecule has 0 radical (unpaired) electrons. The average molecular weight is 237 g/mol. The number of alkyl halides is 5. The predicted molar refractivity (Wildman–Crippen MR) is 42.8 cm³/mol. The van der Waals surface area contributed by atoms with E-state index in [9.17, 15) is 22.0 Å². The number of ether oxygens (including phenoxy) is 1. The van der Waals surface area contributed by atoms with Crippen LogP contribution in [0.15, 0.2) is 18.2 Å². The van der Waals surface area contributed by atoms with Crippen LogP contribution in [0.5, 0.6) is 5.75 Å². The molecular formula is C9H4F5NO. The maximum Gasteiger partial charge on any atom is 0.416 e. The summed E-state index contributed by atoms with van der Waals surface area (Å²) in [4.78, 5) is 0. The number of hydrogen-bond donors (Lipinski definition) is 0. The van der Waals surface area contributed by atoms with Crippen LogP contribution in [0.25, 0.3) is 0 Å². The molecule has 0 bridgehead atoms. The van der Waals surface area contributed by atoms with Crippen LogP contribution in [0.4, 0.5) is 22.0 Å². The molecule has 86 valence electrons. The van der Waals surface area contributed by atoms with Gasteiger partial charge >= 0.3 is 12.8 Å². The van der Waals surface area contributed by atoms with Gasteiger partial charge in [0.1, 0.15) is 11.8 Å². The van der Waals surface area contributed by atoms with Crippen LogP contribution in [0.2, 0.25) is 0 Å². The number of hydrogen-bond acceptors (Lipinski definition) is 2. The molecule has 0 unspecified atom stereocenters. The molecule has 0 saturated carbocycles. The summed E-state index contributed by atoms with van der Waals surface area (Å²) in [5, 5.41) is 8.48. The molecule has 0 spiro atoms. The molecule has 16 heavy (non-hydrogen) atoms. The third-order valence-electron chi connectivity index (χ3n) is 1.64. The Bertz CT molecular complexity index is 421. The quantitative estimate of drug-likeness (QED) is 0.740. The molecule has 0 aromatic heterocycles. The SMILES string of the molecule is N#Cc1cc(C(F)(F)F)ccc1OC(F)F. The van der Waals surface area contributed by atoms with E-state index in [-0.39, 0.29) is 0 Å². The lowest BCUT2D eigenvalue weighted by Gasteiger charge is -2.10. The van der Waals surface area contributed by atoms with Crippen LogP contribution in [0.3, 0.4) is 0 Å². The van der Waals surface area contributed by atoms with Gasteiger partial charge in [-0.3, -0.25) is 0 Å². The van der Waals surface area contributed by atoms with Crippen molar-refractivity contribution in [3.63, 3.8) is 0 Å². The van der Waals surface area contributed by atoms with Crippen molar-refractivity contribution < 1.29 is 26.7 Å². The molecule has 0 saturated heterocycles. The first kappa shape index (κ1) is 12.2. The second-order valence-electron chi connectivity index (χ2n) is 2.70. The molecule has 7 heteroatoms. The standard InChI is InChI=1S/C9H4F5NO/c10-8(11)16-7-2-1-6(9(12,13)14)3-5(7)4-15/h1-3,8H. The average Bonchev–Trinajstić information content (AvgIpc) is 2.15. The molecule has 2 nitrogen and oxygen atoms in total. The van der Waals surface area contributed by atoms with Crippen LogP contribution >= 0.6 is 0 Å². The van der Waals surface area contributed by atoms with Crippen LogP contribution in [0, 0.1) is 11.3 Å². The highest BCUT2D eigenvalue weighted by Crippen LogP contribution is 2.32. The van der Waals surface area contributed by atoms with Gasteiger partial charge in [-0.25, -0.2) is 0 Å². The summed E-state index contributed by atoms with van der Waals surface area (Å²) < 4.78 is 64.1. The van der Waals surface area contributed by atoms with E-state index in [2.05, 4.69) is 4.74 Å². The summed E-state index contributed by atoms with van der Waals surface area (Å²) in [7, 11) is 0. The van der Waals surface area contributed by atoms with Gasteiger partial charge < -0.3 is 4.74 Å². The van der Waals surface area contributed by atoms with E-state index in [0.717, 1.165) is 0 Å². The Balaban J connectivity index is 3.13. The first-order valence-corrected chi connectivity index (χ1v) is 3.90. The van der Waals surface area contributed by atoms with E-state index in [1.807, 2.05) is 0 Å². The van der Waals surface area contributed by atoms with Gasteiger partial charge in [0.15, 0.2) is 0 Å². The monoisotopic (exact) mass is 237 g/mol. The van der Waals surface area contributed by atoms with E-state index in [1.54, 1.807) is 0 Å². The Labute approximate surface area is 86.9 Å². The molecule has 0 heterocycles. The molecule has 0 N–H and O–H groups in total. The predicted octanol–water partition coefficient (Wildman–Crippen LogP) is 3.18. The molecule has 1 rings (SSSR count). The Hall–Kier alpha value is -1.84. The van der Waals surface area contributed by atoms with Crippen LogP contribution in [-0.2, 0) is 6.18 Å². The van der Waals surface area contributed by atoms with Crippen molar-refractivity contribution in [1.29, 1.82) is 5.26 Å². The third kappa shape index (κ3) is 2.82. The molecule has 1 aromatic carbocycles.